The molecular formula is C16H20N2O2S. The van der Waals surface area contributed by atoms with Crippen LogP contribution < -0.4 is 5.73 Å². The predicted octanol–water partition coefficient (Wildman–Crippen LogP) is 2.93. The molecule has 5 heteroatoms. The molecule has 2 aromatic rings. The molecular weight excluding hydrogens is 284 g/mol. The molecule has 0 radical (unpaired) electrons. The van der Waals surface area contributed by atoms with Gasteiger partial charge in [0.2, 0.25) is 0 Å². The van der Waals surface area contributed by atoms with E-state index in [4.69, 9.17) is 10.5 Å². The summed E-state index contributed by atoms with van der Waals surface area (Å²) >= 11 is 1.59. The van der Waals surface area contributed by atoms with Gasteiger partial charge in [0.05, 0.1) is 11.6 Å². The standard InChI is InChI=1S/C16H20N2O2S/c1-2-20-15(19)16(17,12-7-8-12)10-21-14-9-11-5-3-4-6-13(11)18-14/h3-6,9,12,18H,2,7-8,10,17H2,1H3. The van der Waals surface area contributed by atoms with Gasteiger partial charge in [-0.3, -0.25) is 4.79 Å². The monoisotopic (exact) mass is 304 g/mol. The summed E-state index contributed by atoms with van der Waals surface area (Å²) in [7, 11) is 0. The van der Waals surface area contributed by atoms with Crippen molar-refractivity contribution >= 4 is 28.6 Å². The van der Waals surface area contributed by atoms with Gasteiger partial charge in [0, 0.05) is 16.7 Å². The lowest BCUT2D eigenvalue weighted by Crippen LogP contribution is -2.53. The summed E-state index contributed by atoms with van der Waals surface area (Å²) in [5, 5.41) is 2.21. The normalized spacial score (nSPS) is 17.6. The lowest BCUT2D eigenvalue weighted by Gasteiger charge is -2.26. The van der Waals surface area contributed by atoms with E-state index >= 15 is 0 Å². The van der Waals surface area contributed by atoms with Gasteiger partial charge >= 0.3 is 5.97 Å². The second-order valence-electron chi connectivity index (χ2n) is 5.54. The molecule has 0 bridgehead atoms. The Kier molecular flexibility index (Phi) is 3.95. The predicted molar refractivity (Wildman–Crippen MR) is 85.3 cm³/mol. The van der Waals surface area contributed by atoms with Crippen LogP contribution in [0.25, 0.3) is 10.9 Å². The number of carbonyl (C=O) groups is 1. The Morgan fingerprint density at radius 2 is 2.24 bits per heavy atom. The minimum Gasteiger partial charge on any atom is -0.465 e. The summed E-state index contributed by atoms with van der Waals surface area (Å²) < 4.78 is 5.17. The van der Waals surface area contributed by atoms with Crippen molar-refractivity contribution in [1.29, 1.82) is 0 Å². The number of thioether (sulfide) groups is 1. The maximum absolute atomic E-state index is 12.2. The van der Waals surface area contributed by atoms with Crippen molar-refractivity contribution in [3.05, 3.63) is 30.3 Å². The highest BCUT2D eigenvalue weighted by Gasteiger charge is 2.49. The first kappa shape index (κ1) is 14.5. The molecule has 1 aliphatic carbocycles. The molecule has 0 spiro atoms. The first-order valence-corrected chi connectivity index (χ1v) is 8.28. The molecule has 1 fully saturated rings. The van der Waals surface area contributed by atoms with Gasteiger partial charge in [0.25, 0.3) is 0 Å². The molecule has 112 valence electrons. The largest absolute Gasteiger partial charge is 0.465 e. The zero-order valence-electron chi connectivity index (χ0n) is 12.1. The average Bonchev–Trinajstić information content (AvgIpc) is 3.25. The van der Waals surface area contributed by atoms with E-state index in [1.54, 1.807) is 11.8 Å². The number of aromatic nitrogens is 1. The van der Waals surface area contributed by atoms with Crippen LogP contribution in [0.5, 0.6) is 0 Å². The van der Waals surface area contributed by atoms with Crippen LogP contribution in [0.2, 0.25) is 0 Å². The van der Waals surface area contributed by atoms with E-state index in [1.165, 1.54) is 5.39 Å². The summed E-state index contributed by atoms with van der Waals surface area (Å²) in [6.45, 7) is 2.19. The van der Waals surface area contributed by atoms with Crippen molar-refractivity contribution in [2.45, 2.75) is 30.3 Å². The number of carbonyl (C=O) groups excluding carboxylic acids is 1. The molecule has 3 rings (SSSR count). The zero-order valence-corrected chi connectivity index (χ0v) is 12.9. The van der Waals surface area contributed by atoms with Crippen molar-refractivity contribution in [3.63, 3.8) is 0 Å². The molecule has 0 saturated heterocycles. The number of benzene rings is 1. The van der Waals surface area contributed by atoms with Gasteiger partial charge in [-0.1, -0.05) is 18.2 Å². The first-order valence-electron chi connectivity index (χ1n) is 7.30. The molecule has 1 aromatic carbocycles. The number of H-pyrrole nitrogens is 1. The van der Waals surface area contributed by atoms with E-state index in [1.807, 2.05) is 25.1 Å². The third-order valence-electron chi connectivity index (χ3n) is 3.93. The Labute approximate surface area is 128 Å². The lowest BCUT2D eigenvalue weighted by atomic mass is 9.97. The Bertz CT molecular complexity index is 618. The van der Waals surface area contributed by atoms with Crippen molar-refractivity contribution in [2.75, 3.05) is 12.4 Å². The Balaban J connectivity index is 1.73. The molecule has 1 saturated carbocycles. The maximum atomic E-state index is 12.2. The van der Waals surface area contributed by atoms with Gasteiger partial charge in [0.15, 0.2) is 0 Å². The highest BCUT2D eigenvalue weighted by atomic mass is 32.2. The van der Waals surface area contributed by atoms with Crippen LogP contribution in [-0.2, 0) is 9.53 Å². The second kappa shape index (κ2) is 5.73. The third-order valence-corrected chi connectivity index (χ3v) is 5.09. The van der Waals surface area contributed by atoms with Crippen molar-refractivity contribution < 1.29 is 9.53 Å². The van der Waals surface area contributed by atoms with Gasteiger partial charge in [0.1, 0.15) is 5.54 Å². The fourth-order valence-corrected chi connectivity index (χ4v) is 3.67. The van der Waals surface area contributed by atoms with Crippen molar-refractivity contribution in [1.82, 2.24) is 4.98 Å². The SMILES string of the molecule is CCOC(=O)C(N)(CSc1cc2ccccc2[nH]1)C1CC1. The average molecular weight is 304 g/mol. The molecule has 1 atom stereocenters. The molecule has 1 unspecified atom stereocenters. The number of ether oxygens (including phenoxy) is 1. The van der Waals surface area contributed by atoms with Crippen LogP contribution >= 0.6 is 11.8 Å². The molecule has 3 N–H and O–H groups in total. The highest BCUT2D eigenvalue weighted by molar-refractivity contribution is 7.99. The number of hydrogen-bond donors (Lipinski definition) is 2. The number of hydrogen-bond acceptors (Lipinski definition) is 4. The first-order chi connectivity index (χ1) is 10.1. The van der Waals surface area contributed by atoms with E-state index < -0.39 is 5.54 Å². The highest BCUT2D eigenvalue weighted by Crippen LogP contribution is 2.41. The minimum atomic E-state index is -0.863. The molecule has 0 aliphatic heterocycles. The molecule has 1 aromatic heterocycles. The van der Waals surface area contributed by atoms with Gasteiger partial charge in [-0.2, -0.15) is 0 Å². The molecule has 1 heterocycles. The van der Waals surface area contributed by atoms with E-state index in [-0.39, 0.29) is 11.9 Å². The summed E-state index contributed by atoms with van der Waals surface area (Å²) in [6, 6.07) is 10.2. The molecule has 0 amide bonds. The number of para-hydroxylation sites is 1. The smallest absolute Gasteiger partial charge is 0.327 e. The van der Waals surface area contributed by atoms with Crippen molar-refractivity contribution in [2.24, 2.45) is 11.7 Å². The van der Waals surface area contributed by atoms with Crippen molar-refractivity contribution in [3.8, 4) is 0 Å². The maximum Gasteiger partial charge on any atom is 0.327 e. The van der Waals surface area contributed by atoms with Gasteiger partial charge in [-0.05, 0) is 37.8 Å². The van der Waals surface area contributed by atoms with E-state index in [0.29, 0.717) is 12.4 Å². The van der Waals surface area contributed by atoms with Crippen LogP contribution in [0.3, 0.4) is 0 Å². The zero-order chi connectivity index (χ0) is 14.9. The quantitative estimate of drug-likeness (QED) is 0.636. The third kappa shape index (κ3) is 2.94. The summed E-state index contributed by atoms with van der Waals surface area (Å²) in [6.07, 6.45) is 2.03. The van der Waals surface area contributed by atoms with E-state index in [0.717, 1.165) is 23.4 Å². The fraction of sp³-hybridized carbons (Fsp3) is 0.438. The number of nitrogens with two attached hydrogens (primary N) is 1. The Morgan fingerprint density at radius 3 is 2.90 bits per heavy atom. The van der Waals surface area contributed by atoms with Crippen LogP contribution in [0.1, 0.15) is 19.8 Å². The summed E-state index contributed by atoms with van der Waals surface area (Å²) in [5.74, 6) is 0.535. The van der Waals surface area contributed by atoms with E-state index in [9.17, 15) is 4.79 Å². The molecule has 1 aliphatic rings. The number of aromatic amines is 1. The number of fused-ring (bicyclic) bond motifs is 1. The molecule has 21 heavy (non-hydrogen) atoms. The minimum absolute atomic E-state index is 0.258. The van der Waals surface area contributed by atoms with Gasteiger partial charge in [-0.25, -0.2) is 0 Å². The Hall–Kier alpha value is -1.46. The number of nitrogens with one attached hydrogen (secondary N) is 1. The van der Waals surface area contributed by atoms with E-state index in [2.05, 4.69) is 17.1 Å². The second-order valence-corrected chi connectivity index (χ2v) is 6.56. The van der Waals surface area contributed by atoms with Crippen LogP contribution in [0, 0.1) is 5.92 Å². The fourth-order valence-electron chi connectivity index (χ4n) is 2.53. The topological polar surface area (TPSA) is 68.1 Å². The van der Waals surface area contributed by atoms with Crippen LogP contribution in [0.4, 0.5) is 0 Å². The lowest BCUT2D eigenvalue weighted by molar-refractivity contribution is -0.149. The number of rotatable bonds is 6. The van der Waals surface area contributed by atoms with Crippen LogP contribution in [-0.4, -0.2) is 28.9 Å². The number of esters is 1. The summed E-state index contributed by atoms with van der Waals surface area (Å²) in [5.41, 5.74) is 6.60. The van der Waals surface area contributed by atoms with Gasteiger partial charge < -0.3 is 15.5 Å². The van der Waals surface area contributed by atoms with Crippen LogP contribution in [0.15, 0.2) is 35.4 Å². The molecule has 4 nitrogen and oxygen atoms in total. The Morgan fingerprint density at radius 1 is 1.48 bits per heavy atom. The van der Waals surface area contributed by atoms with Gasteiger partial charge in [-0.15, -0.1) is 11.8 Å². The summed E-state index contributed by atoms with van der Waals surface area (Å²) in [4.78, 5) is 15.5.